The topological polar surface area (TPSA) is 86.3 Å². The Morgan fingerprint density at radius 3 is 2.74 bits per heavy atom. The molecule has 0 bridgehead atoms. The number of rotatable bonds is 4. The van der Waals surface area contributed by atoms with Gasteiger partial charge in [0.05, 0.1) is 18.4 Å². The second kappa shape index (κ2) is 5.42. The number of nitrogens with zero attached hydrogens (tertiary/aromatic N) is 2. The van der Waals surface area contributed by atoms with E-state index in [2.05, 4.69) is 9.97 Å². The molecule has 0 aliphatic heterocycles. The minimum atomic E-state index is -0.867. The molecule has 3 atom stereocenters. The Bertz CT molecular complexity index is 458. The minimum Gasteiger partial charge on any atom is -0.481 e. The zero-order valence-electron chi connectivity index (χ0n) is 11.2. The van der Waals surface area contributed by atoms with E-state index in [0.717, 1.165) is 0 Å². The normalized spacial score (nSPS) is 26.3. The highest BCUT2D eigenvalue weighted by molar-refractivity contribution is 5.85. The predicted octanol–water partition coefficient (Wildman–Crippen LogP) is 1.11. The number of carboxylic acid groups (broad SMARTS) is 1. The van der Waals surface area contributed by atoms with E-state index in [1.807, 2.05) is 6.92 Å². The Labute approximate surface area is 111 Å². The fraction of sp³-hybridized carbons (Fsp3) is 0.615. The van der Waals surface area contributed by atoms with E-state index in [1.165, 1.54) is 0 Å². The summed E-state index contributed by atoms with van der Waals surface area (Å²) in [6.07, 6.45) is 4.56. The van der Waals surface area contributed by atoms with Crippen molar-refractivity contribution in [2.45, 2.75) is 26.3 Å². The third kappa shape index (κ3) is 2.94. The third-order valence-corrected chi connectivity index (χ3v) is 3.75. The fourth-order valence-electron chi connectivity index (χ4n) is 2.81. The predicted molar refractivity (Wildman–Crippen MR) is 68.1 cm³/mol. The summed E-state index contributed by atoms with van der Waals surface area (Å²) >= 11 is 0. The van der Waals surface area contributed by atoms with Crippen molar-refractivity contribution >= 4 is 11.9 Å². The largest absolute Gasteiger partial charge is 0.481 e. The Hall–Kier alpha value is -1.85. The van der Waals surface area contributed by atoms with Gasteiger partial charge in [0, 0.05) is 19.4 Å². The number of nitrogens with one attached hydrogen (secondary N) is 1. The van der Waals surface area contributed by atoms with Crippen LogP contribution < -0.4 is 0 Å². The van der Waals surface area contributed by atoms with Crippen molar-refractivity contribution in [2.75, 3.05) is 7.05 Å². The van der Waals surface area contributed by atoms with Gasteiger partial charge in [0.25, 0.3) is 0 Å². The van der Waals surface area contributed by atoms with Gasteiger partial charge in [-0.15, -0.1) is 0 Å². The van der Waals surface area contributed by atoms with Crippen molar-refractivity contribution < 1.29 is 14.7 Å². The van der Waals surface area contributed by atoms with Crippen molar-refractivity contribution in [3.05, 3.63) is 18.2 Å². The molecule has 6 heteroatoms. The average molecular weight is 265 g/mol. The second-order valence-corrected chi connectivity index (χ2v) is 5.36. The van der Waals surface area contributed by atoms with Crippen LogP contribution in [0.5, 0.6) is 0 Å². The smallest absolute Gasteiger partial charge is 0.307 e. The van der Waals surface area contributed by atoms with Crippen LogP contribution in [0.2, 0.25) is 0 Å². The summed E-state index contributed by atoms with van der Waals surface area (Å²) in [6.45, 7) is 2.37. The van der Waals surface area contributed by atoms with Crippen LogP contribution >= 0.6 is 0 Å². The highest BCUT2D eigenvalue weighted by Gasteiger charge is 2.42. The van der Waals surface area contributed by atoms with Crippen molar-refractivity contribution in [2.24, 2.45) is 17.8 Å². The lowest BCUT2D eigenvalue weighted by molar-refractivity contribution is -0.148. The van der Waals surface area contributed by atoms with Crippen LogP contribution in [-0.4, -0.2) is 38.9 Å². The summed E-state index contributed by atoms with van der Waals surface area (Å²) in [7, 11) is 1.69. The summed E-state index contributed by atoms with van der Waals surface area (Å²) in [5.41, 5.74) is 0. The molecule has 104 valence electrons. The molecule has 2 N–H and O–H groups in total. The Morgan fingerprint density at radius 2 is 2.16 bits per heavy atom. The maximum atomic E-state index is 12.4. The Balaban J connectivity index is 2.03. The van der Waals surface area contributed by atoms with E-state index in [4.69, 9.17) is 0 Å². The number of carbonyl (C=O) groups is 2. The van der Waals surface area contributed by atoms with Gasteiger partial charge in [-0.25, -0.2) is 4.98 Å². The van der Waals surface area contributed by atoms with Gasteiger partial charge in [-0.3, -0.25) is 9.59 Å². The number of aromatic amines is 1. The molecule has 1 fully saturated rings. The van der Waals surface area contributed by atoms with E-state index in [-0.39, 0.29) is 11.8 Å². The molecule has 1 heterocycles. The van der Waals surface area contributed by atoms with Crippen LogP contribution in [-0.2, 0) is 16.1 Å². The van der Waals surface area contributed by atoms with E-state index in [0.29, 0.717) is 25.2 Å². The molecule has 0 spiro atoms. The number of carbonyl (C=O) groups excluding carboxylic acids is 1. The van der Waals surface area contributed by atoms with Crippen LogP contribution in [0.25, 0.3) is 0 Å². The molecule has 0 radical (unpaired) electrons. The maximum absolute atomic E-state index is 12.4. The molecular weight excluding hydrogens is 246 g/mol. The third-order valence-electron chi connectivity index (χ3n) is 3.75. The summed E-state index contributed by atoms with van der Waals surface area (Å²) in [4.78, 5) is 32.1. The van der Waals surface area contributed by atoms with Gasteiger partial charge in [0.15, 0.2) is 0 Å². The van der Waals surface area contributed by atoms with Gasteiger partial charge in [-0.1, -0.05) is 6.92 Å². The summed E-state index contributed by atoms with van der Waals surface area (Å²) in [5.74, 6) is -0.947. The molecule has 1 aromatic rings. The molecule has 19 heavy (non-hydrogen) atoms. The number of H-pyrrole nitrogens is 1. The number of hydrogen-bond donors (Lipinski definition) is 2. The molecule has 1 aromatic heterocycles. The molecule has 6 nitrogen and oxygen atoms in total. The first-order valence-corrected chi connectivity index (χ1v) is 6.45. The highest BCUT2D eigenvalue weighted by Crippen LogP contribution is 2.37. The summed E-state index contributed by atoms with van der Waals surface area (Å²) < 4.78 is 0. The first kappa shape index (κ1) is 13.6. The van der Waals surface area contributed by atoms with E-state index in [1.54, 1.807) is 24.3 Å². The molecule has 1 unspecified atom stereocenters. The van der Waals surface area contributed by atoms with Crippen LogP contribution in [0.15, 0.2) is 12.4 Å². The van der Waals surface area contributed by atoms with Gasteiger partial charge in [-0.2, -0.15) is 0 Å². The molecule has 1 aliphatic carbocycles. The molecule has 2 rings (SSSR count). The second-order valence-electron chi connectivity index (χ2n) is 5.36. The zero-order valence-corrected chi connectivity index (χ0v) is 11.2. The van der Waals surface area contributed by atoms with Gasteiger partial charge >= 0.3 is 5.97 Å². The number of aliphatic carboxylic acids is 1. The minimum absolute atomic E-state index is 0.104. The molecule has 1 amide bonds. The SMILES string of the molecule is CC1C[C@H](C(=O)N(C)Cc2ncc[nH]2)[C@H](C(=O)O)C1. The lowest BCUT2D eigenvalue weighted by Crippen LogP contribution is -2.36. The van der Waals surface area contributed by atoms with Gasteiger partial charge in [0.2, 0.25) is 5.91 Å². The van der Waals surface area contributed by atoms with Crippen molar-refractivity contribution in [3.63, 3.8) is 0 Å². The molecule has 0 saturated heterocycles. The van der Waals surface area contributed by atoms with Gasteiger partial charge < -0.3 is 15.0 Å². The molecule has 0 aromatic carbocycles. The lowest BCUT2D eigenvalue weighted by Gasteiger charge is -2.22. The standard InChI is InChI=1S/C13H19N3O3/c1-8-5-9(10(6-8)13(18)19)12(17)16(2)7-11-14-3-4-15-11/h3-4,8-10H,5-7H2,1-2H3,(H,14,15)(H,18,19)/t8?,9-,10+/m0/s1. The van der Waals surface area contributed by atoms with Crippen molar-refractivity contribution in [1.82, 2.24) is 14.9 Å². The van der Waals surface area contributed by atoms with Gasteiger partial charge in [0.1, 0.15) is 5.82 Å². The van der Waals surface area contributed by atoms with Crippen molar-refractivity contribution in [1.29, 1.82) is 0 Å². The fourth-order valence-corrected chi connectivity index (χ4v) is 2.81. The van der Waals surface area contributed by atoms with Gasteiger partial charge in [-0.05, 0) is 18.8 Å². The average Bonchev–Trinajstić information content (AvgIpc) is 2.97. The highest BCUT2D eigenvalue weighted by atomic mass is 16.4. The number of carboxylic acids is 1. The first-order chi connectivity index (χ1) is 8.99. The Kier molecular flexibility index (Phi) is 3.87. The number of imidazole rings is 1. The lowest BCUT2D eigenvalue weighted by atomic mass is 9.95. The van der Waals surface area contributed by atoms with Crippen LogP contribution in [0, 0.1) is 17.8 Å². The monoisotopic (exact) mass is 265 g/mol. The zero-order chi connectivity index (χ0) is 14.0. The molecule has 1 saturated carbocycles. The van der Waals surface area contributed by atoms with Crippen molar-refractivity contribution in [3.8, 4) is 0 Å². The molecule has 1 aliphatic rings. The quantitative estimate of drug-likeness (QED) is 0.854. The van der Waals surface area contributed by atoms with Crippen LogP contribution in [0.4, 0.5) is 0 Å². The van der Waals surface area contributed by atoms with Crippen LogP contribution in [0.3, 0.4) is 0 Å². The number of aromatic nitrogens is 2. The summed E-state index contributed by atoms with van der Waals surface area (Å²) in [6, 6.07) is 0. The maximum Gasteiger partial charge on any atom is 0.307 e. The Morgan fingerprint density at radius 1 is 1.47 bits per heavy atom. The number of amides is 1. The first-order valence-electron chi connectivity index (χ1n) is 6.45. The van der Waals surface area contributed by atoms with Crippen LogP contribution in [0.1, 0.15) is 25.6 Å². The molecular formula is C13H19N3O3. The van der Waals surface area contributed by atoms with E-state index >= 15 is 0 Å². The number of hydrogen-bond acceptors (Lipinski definition) is 3. The summed E-state index contributed by atoms with van der Waals surface area (Å²) in [5, 5.41) is 9.20. The van der Waals surface area contributed by atoms with E-state index in [9.17, 15) is 14.7 Å². The van der Waals surface area contributed by atoms with E-state index < -0.39 is 17.8 Å².